The molecule has 1 aromatic heterocycles. The summed E-state index contributed by atoms with van der Waals surface area (Å²) in [5.74, 6) is -1.24. The summed E-state index contributed by atoms with van der Waals surface area (Å²) in [6.45, 7) is 1.71. The smallest absolute Gasteiger partial charge is 0.339 e. The number of para-hydroxylation sites is 1. The van der Waals surface area contributed by atoms with Crippen molar-refractivity contribution in [1.29, 1.82) is 0 Å². The molecule has 43 heavy (non-hydrogen) atoms. The number of nitro benzene ring substituents is 1. The number of carbonyl (C=O) groups is 1. The maximum absolute atomic E-state index is 13.3. The second kappa shape index (κ2) is 10.6. The van der Waals surface area contributed by atoms with E-state index in [4.69, 9.17) is 8.71 Å². The van der Waals surface area contributed by atoms with Crippen molar-refractivity contribution in [1.82, 2.24) is 15.2 Å². The highest BCUT2D eigenvalue weighted by molar-refractivity contribution is 7.87. The molecule has 14 nitrogen and oxygen atoms in total. The van der Waals surface area contributed by atoms with Crippen LogP contribution in [0.3, 0.4) is 0 Å². The van der Waals surface area contributed by atoms with E-state index in [0.717, 1.165) is 24.3 Å². The van der Waals surface area contributed by atoms with Crippen LogP contribution in [0, 0.1) is 27.2 Å². The molecule has 4 aromatic rings. The molecule has 2 aliphatic heterocycles. The summed E-state index contributed by atoms with van der Waals surface area (Å²) in [6.07, 6.45) is 0.175. The molecule has 0 saturated carbocycles. The second-order valence-corrected chi connectivity index (χ2v) is 11.6. The van der Waals surface area contributed by atoms with Crippen LogP contribution in [0.25, 0.3) is 0 Å². The van der Waals surface area contributed by atoms with E-state index in [-0.39, 0.29) is 52.3 Å². The standard InChI is InChI=1S/C28H23N5O9S/c1-17-25(33(37)38)28(41-29-17)24-26(18-7-3-2-4-8-18)31-23(34)15-16-30(31)27(24)21-9-5-6-10-22(21)42-43(39,40)20-13-11-19(12-14-20)32(35)36/h2-14,24,26-27H,15-16H2,1H3. The van der Waals surface area contributed by atoms with E-state index < -0.39 is 38.0 Å². The van der Waals surface area contributed by atoms with Crippen LogP contribution in [0.5, 0.6) is 5.75 Å². The highest BCUT2D eigenvalue weighted by Gasteiger charge is 2.58. The van der Waals surface area contributed by atoms with Crippen LogP contribution in [0.2, 0.25) is 0 Å². The lowest BCUT2D eigenvalue weighted by atomic mass is 9.82. The maximum Gasteiger partial charge on any atom is 0.339 e. The van der Waals surface area contributed by atoms with Gasteiger partial charge in [0, 0.05) is 30.7 Å². The van der Waals surface area contributed by atoms with Gasteiger partial charge in [-0.1, -0.05) is 53.7 Å². The Hall–Kier alpha value is -5.15. The number of aryl methyl sites for hydroxylation is 1. The molecule has 3 atom stereocenters. The van der Waals surface area contributed by atoms with E-state index in [1.54, 1.807) is 52.5 Å². The Morgan fingerprint density at radius 1 is 0.930 bits per heavy atom. The monoisotopic (exact) mass is 605 g/mol. The summed E-state index contributed by atoms with van der Waals surface area (Å²) in [6, 6.07) is 18.0. The fourth-order valence-electron chi connectivity index (χ4n) is 5.84. The Morgan fingerprint density at radius 2 is 1.60 bits per heavy atom. The molecule has 0 radical (unpaired) electrons. The summed E-state index contributed by atoms with van der Waals surface area (Å²) in [4.78, 5) is 35.0. The fraction of sp³-hybridized carbons (Fsp3) is 0.214. The summed E-state index contributed by atoms with van der Waals surface area (Å²) < 4.78 is 37.9. The highest BCUT2D eigenvalue weighted by Crippen LogP contribution is 2.58. The van der Waals surface area contributed by atoms with E-state index >= 15 is 0 Å². The number of non-ortho nitro benzene ring substituents is 1. The third-order valence-corrected chi connectivity index (χ3v) is 8.86. The third-order valence-electron chi connectivity index (χ3n) is 7.61. The van der Waals surface area contributed by atoms with Gasteiger partial charge >= 0.3 is 15.8 Å². The molecule has 3 aromatic carbocycles. The molecule has 0 spiro atoms. The molecule has 3 heterocycles. The van der Waals surface area contributed by atoms with Gasteiger partial charge in [0.2, 0.25) is 11.7 Å². The zero-order valence-corrected chi connectivity index (χ0v) is 23.3. The number of rotatable bonds is 8. The molecule has 2 saturated heterocycles. The number of nitro groups is 2. The molecule has 220 valence electrons. The molecule has 0 N–H and O–H groups in total. The molecule has 6 rings (SSSR count). The fourth-order valence-corrected chi connectivity index (χ4v) is 6.79. The number of hydrazine groups is 1. The van der Waals surface area contributed by atoms with Gasteiger partial charge < -0.3 is 8.71 Å². The lowest BCUT2D eigenvalue weighted by Gasteiger charge is -2.28. The van der Waals surface area contributed by atoms with Crippen LogP contribution in [-0.2, 0) is 14.9 Å². The lowest BCUT2D eigenvalue weighted by Crippen LogP contribution is -2.35. The number of benzene rings is 3. The van der Waals surface area contributed by atoms with Crippen molar-refractivity contribution in [2.24, 2.45) is 0 Å². The van der Waals surface area contributed by atoms with Crippen molar-refractivity contribution in [3.8, 4) is 5.75 Å². The molecule has 3 unspecified atom stereocenters. The van der Waals surface area contributed by atoms with Crippen molar-refractivity contribution in [2.75, 3.05) is 6.54 Å². The number of aromatic nitrogens is 1. The maximum atomic E-state index is 13.3. The summed E-state index contributed by atoms with van der Waals surface area (Å²) >= 11 is 0. The van der Waals surface area contributed by atoms with E-state index in [0.29, 0.717) is 11.1 Å². The topological polar surface area (TPSA) is 179 Å². The number of fused-ring (bicyclic) bond motifs is 1. The van der Waals surface area contributed by atoms with Crippen LogP contribution in [0.1, 0.15) is 47.0 Å². The number of carbonyl (C=O) groups excluding carboxylic acids is 1. The van der Waals surface area contributed by atoms with Crippen molar-refractivity contribution in [3.05, 3.63) is 122 Å². The van der Waals surface area contributed by atoms with Gasteiger partial charge in [-0.05, 0) is 30.7 Å². The number of hydrogen-bond acceptors (Lipinski definition) is 11. The molecule has 0 bridgehead atoms. The molecule has 2 fully saturated rings. The Balaban J connectivity index is 1.51. The van der Waals surface area contributed by atoms with E-state index in [1.807, 2.05) is 6.07 Å². The largest absolute Gasteiger partial charge is 0.379 e. The summed E-state index contributed by atoms with van der Waals surface area (Å²) in [5.41, 5.74) is 0.463. The van der Waals surface area contributed by atoms with Gasteiger partial charge in [-0.15, -0.1) is 0 Å². The predicted octanol–water partition coefficient (Wildman–Crippen LogP) is 4.60. The number of nitrogens with zero attached hydrogens (tertiary/aromatic N) is 5. The van der Waals surface area contributed by atoms with Gasteiger partial charge in [0.1, 0.15) is 10.6 Å². The first-order valence-corrected chi connectivity index (χ1v) is 14.5. The van der Waals surface area contributed by atoms with Crippen molar-refractivity contribution in [3.63, 3.8) is 0 Å². The predicted molar refractivity (Wildman–Crippen MR) is 148 cm³/mol. The summed E-state index contributed by atoms with van der Waals surface area (Å²) in [7, 11) is -4.47. The minimum Gasteiger partial charge on any atom is -0.379 e. The second-order valence-electron chi connectivity index (χ2n) is 10.0. The van der Waals surface area contributed by atoms with Crippen LogP contribution in [-0.4, -0.2) is 45.9 Å². The molecule has 0 aliphatic carbocycles. The normalized spacial score (nSPS) is 20.3. The Kier molecular flexibility index (Phi) is 6.90. The number of hydrogen-bond donors (Lipinski definition) is 0. The molecule has 15 heteroatoms. The van der Waals surface area contributed by atoms with Gasteiger partial charge in [0.15, 0.2) is 5.69 Å². The minimum atomic E-state index is -4.47. The van der Waals surface area contributed by atoms with Gasteiger partial charge in [0.25, 0.3) is 5.69 Å². The zero-order chi connectivity index (χ0) is 30.5. The lowest BCUT2D eigenvalue weighted by molar-refractivity contribution is -0.386. The zero-order valence-electron chi connectivity index (χ0n) is 22.5. The third kappa shape index (κ3) is 4.77. The first kappa shape index (κ1) is 28.0. The Bertz CT molecular complexity index is 1840. The SMILES string of the molecule is Cc1noc(C2C(c3ccccc3OS(=O)(=O)c3ccc([N+](=O)[O-])cc3)N3CCC(=O)N3C2c2ccccc2)c1[N+](=O)[O-]. The van der Waals surface area contributed by atoms with Crippen LogP contribution >= 0.6 is 0 Å². The van der Waals surface area contributed by atoms with E-state index in [1.165, 1.54) is 13.0 Å². The summed E-state index contributed by atoms with van der Waals surface area (Å²) in [5, 5.41) is 30.4. The quantitative estimate of drug-likeness (QED) is 0.156. The molecular formula is C28H23N5O9S. The van der Waals surface area contributed by atoms with Gasteiger partial charge in [-0.3, -0.25) is 30.0 Å². The Labute approximate surface area is 244 Å². The van der Waals surface area contributed by atoms with E-state index in [2.05, 4.69) is 5.16 Å². The van der Waals surface area contributed by atoms with E-state index in [9.17, 15) is 33.4 Å². The number of amides is 1. The molecule has 1 amide bonds. The first-order valence-electron chi connectivity index (χ1n) is 13.1. The van der Waals surface area contributed by atoms with Crippen molar-refractivity contribution >= 4 is 27.4 Å². The van der Waals surface area contributed by atoms with Crippen molar-refractivity contribution < 1.29 is 31.8 Å². The first-order chi connectivity index (χ1) is 20.6. The van der Waals surface area contributed by atoms with Gasteiger partial charge in [-0.2, -0.15) is 8.42 Å². The van der Waals surface area contributed by atoms with Crippen LogP contribution in [0.15, 0.2) is 88.3 Å². The average molecular weight is 606 g/mol. The van der Waals surface area contributed by atoms with Gasteiger partial charge in [-0.25, -0.2) is 5.01 Å². The minimum absolute atomic E-state index is 0.0587. The Morgan fingerprint density at radius 3 is 2.28 bits per heavy atom. The van der Waals surface area contributed by atoms with Crippen molar-refractivity contribution in [2.45, 2.75) is 36.2 Å². The van der Waals surface area contributed by atoms with Crippen LogP contribution < -0.4 is 4.18 Å². The van der Waals surface area contributed by atoms with Crippen LogP contribution in [0.4, 0.5) is 11.4 Å². The molecular weight excluding hydrogens is 582 g/mol. The average Bonchev–Trinajstić information content (AvgIpc) is 3.66. The highest BCUT2D eigenvalue weighted by atomic mass is 32.2. The molecule has 2 aliphatic rings. The van der Waals surface area contributed by atoms with Gasteiger partial charge in [0.05, 0.1) is 27.8 Å².